The summed E-state index contributed by atoms with van der Waals surface area (Å²) in [7, 11) is 0. The molecule has 0 spiro atoms. The second-order valence-corrected chi connectivity index (χ2v) is 2.68. The monoisotopic (exact) mass is 178 g/mol. The number of aryl methyl sites for hydroxylation is 1. The fraction of sp³-hybridized carbons (Fsp3) is 0.111. The Balaban J connectivity index is 2.78. The average Bonchev–Trinajstić information content (AvgIpc) is 2.04. The third-order valence-corrected chi connectivity index (χ3v) is 1.55. The highest BCUT2D eigenvalue weighted by atomic mass is 16.2. The molecule has 13 heavy (non-hydrogen) atoms. The van der Waals surface area contributed by atoms with E-state index in [4.69, 9.17) is 5.73 Å². The Hall–Kier alpha value is -1.84. The lowest BCUT2D eigenvalue weighted by atomic mass is 10.1. The van der Waals surface area contributed by atoms with E-state index < -0.39 is 11.9 Å². The summed E-state index contributed by atoms with van der Waals surface area (Å²) in [6.07, 6.45) is 0. The van der Waals surface area contributed by atoms with Crippen molar-refractivity contribution in [2.75, 3.05) is 0 Å². The maximum absolute atomic E-state index is 11.2. The molecule has 0 unspecified atom stereocenters. The number of urea groups is 1. The molecule has 3 amide bonds. The van der Waals surface area contributed by atoms with Gasteiger partial charge in [-0.25, -0.2) is 4.79 Å². The van der Waals surface area contributed by atoms with Gasteiger partial charge in [-0.3, -0.25) is 10.1 Å². The van der Waals surface area contributed by atoms with Crippen molar-refractivity contribution in [3.8, 4) is 0 Å². The Morgan fingerprint density at radius 3 is 2.23 bits per heavy atom. The number of benzene rings is 1. The van der Waals surface area contributed by atoms with Crippen molar-refractivity contribution in [2.24, 2.45) is 5.73 Å². The van der Waals surface area contributed by atoms with E-state index in [-0.39, 0.29) is 0 Å². The summed E-state index contributed by atoms with van der Waals surface area (Å²) in [5.74, 6) is -0.479. The summed E-state index contributed by atoms with van der Waals surface area (Å²) in [6.45, 7) is 1.91. The maximum Gasteiger partial charge on any atom is 0.319 e. The molecular weight excluding hydrogens is 168 g/mol. The molecule has 0 saturated heterocycles. The minimum atomic E-state index is -0.842. The van der Waals surface area contributed by atoms with Crippen molar-refractivity contribution in [2.45, 2.75) is 6.92 Å². The summed E-state index contributed by atoms with van der Waals surface area (Å²) in [6, 6.07) is 6.00. The molecule has 3 N–H and O–H groups in total. The smallest absolute Gasteiger partial charge is 0.319 e. The number of hydrogen-bond acceptors (Lipinski definition) is 2. The first-order valence-electron chi connectivity index (χ1n) is 3.77. The minimum absolute atomic E-state index is 0.421. The van der Waals surface area contributed by atoms with Gasteiger partial charge in [0.05, 0.1) is 0 Å². The molecular formula is C9H10N2O2. The number of hydrogen-bond donors (Lipinski definition) is 2. The van der Waals surface area contributed by atoms with Crippen LogP contribution in [0.25, 0.3) is 0 Å². The Morgan fingerprint density at radius 1 is 1.23 bits per heavy atom. The predicted octanol–water partition coefficient (Wildman–Crippen LogP) is 0.804. The van der Waals surface area contributed by atoms with E-state index in [0.717, 1.165) is 5.56 Å². The number of imide groups is 1. The topological polar surface area (TPSA) is 72.2 Å². The van der Waals surface area contributed by atoms with Crippen molar-refractivity contribution in [3.63, 3.8) is 0 Å². The van der Waals surface area contributed by atoms with Crippen LogP contribution in [0.4, 0.5) is 4.79 Å². The van der Waals surface area contributed by atoms with Crippen LogP contribution in [0.1, 0.15) is 15.9 Å². The lowest BCUT2D eigenvalue weighted by Crippen LogP contribution is -2.34. The third-order valence-electron chi connectivity index (χ3n) is 1.55. The fourth-order valence-electron chi connectivity index (χ4n) is 0.889. The van der Waals surface area contributed by atoms with Crippen LogP contribution >= 0.6 is 0 Å². The van der Waals surface area contributed by atoms with E-state index in [9.17, 15) is 9.59 Å². The van der Waals surface area contributed by atoms with Crippen LogP contribution in [-0.2, 0) is 0 Å². The summed E-state index contributed by atoms with van der Waals surface area (Å²) >= 11 is 0. The normalized spacial score (nSPS) is 9.31. The van der Waals surface area contributed by atoms with Crippen LogP contribution in [-0.4, -0.2) is 11.9 Å². The highest BCUT2D eigenvalue weighted by molar-refractivity contribution is 6.03. The molecule has 4 heteroatoms. The van der Waals surface area contributed by atoms with Crippen LogP contribution in [0.2, 0.25) is 0 Å². The summed E-state index contributed by atoms with van der Waals surface area (Å²) in [4.78, 5) is 21.5. The van der Waals surface area contributed by atoms with Crippen LogP contribution < -0.4 is 11.1 Å². The van der Waals surface area contributed by atoms with Gasteiger partial charge in [-0.05, 0) is 19.1 Å². The van der Waals surface area contributed by atoms with Gasteiger partial charge in [-0.15, -0.1) is 0 Å². The van der Waals surface area contributed by atoms with E-state index in [1.807, 2.05) is 12.2 Å². The first kappa shape index (κ1) is 9.25. The number of carbonyl (C=O) groups excluding carboxylic acids is 2. The van der Waals surface area contributed by atoms with Crippen LogP contribution in [0.15, 0.2) is 24.3 Å². The second kappa shape index (κ2) is 3.71. The van der Waals surface area contributed by atoms with Gasteiger partial charge >= 0.3 is 6.03 Å². The van der Waals surface area contributed by atoms with Gasteiger partial charge in [0.2, 0.25) is 0 Å². The molecule has 4 nitrogen and oxygen atoms in total. The predicted molar refractivity (Wildman–Crippen MR) is 48.2 cm³/mol. The SMILES string of the molecule is Cc1ccc(C(=O)NC(N)=O)cc1. The Labute approximate surface area is 75.7 Å². The lowest BCUT2D eigenvalue weighted by Gasteiger charge is -2.00. The molecule has 0 heterocycles. The van der Waals surface area contributed by atoms with Crippen molar-refractivity contribution in [1.29, 1.82) is 0 Å². The molecule has 0 aliphatic carbocycles. The zero-order chi connectivity index (χ0) is 9.84. The molecule has 0 saturated carbocycles. The van der Waals surface area contributed by atoms with Gasteiger partial charge in [-0.2, -0.15) is 0 Å². The number of amides is 3. The highest BCUT2D eigenvalue weighted by Gasteiger charge is 2.05. The van der Waals surface area contributed by atoms with Crippen LogP contribution in [0, 0.1) is 6.92 Å². The molecule has 68 valence electrons. The maximum atomic E-state index is 11.2. The molecule has 0 aliphatic rings. The van der Waals surface area contributed by atoms with E-state index in [2.05, 4.69) is 0 Å². The van der Waals surface area contributed by atoms with Crippen molar-refractivity contribution in [3.05, 3.63) is 35.4 Å². The lowest BCUT2D eigenvalue weighted by molar-refractivity contribution is 0.0966. The van der Waals surface area contributed by atoms with E-state index in [1.54, 1.807) is 24.3 Å². The Morgan fingerprint density at radius 2 is 1.77 bits per heavy atom. The molecule has 1 rings (SSSR count). The van der Waals surface area contributed by atoms with Crippen LogP contribution in [0.5, 0.6) is 0 Å². The summed E-state index contributed by atoms with van der Waals surface area (Å²) in [5.41, 5.74) is 6.26. The first-order valence-corrected chi connectivity index (χ1v) is 3.77. The summed E-state index contributed by atoms with van der Waals surface area (Å²) in [5, 5.41) is 1.98. The van der Waals surface area contributed by atoms with Gasteiger partial charge in [0.1, 0.15) is 0 Å². The standard InChI is InChI=1S/C9H10N2O2/c1-6-2-4-7(5-3-6)8(12)11-9(10)13/h2-5H,1H3,(H3,10,11,12,13). The molecule has 0 fully saturated rings. The first-order chi connectivity index (χ1) is 6.09. The average molecular weight is 178 g/mol. The van der Waals surface area contributed by atoms with Crippen molar-refractivity contribution < 1.29 is 9.59 Å². The van der Waals surface area contributed by atoms with Gasteiger partial charge in [-0.1, -0.05) is 17.7 Å². The van der Waals surface area contributed by atoms with E-state index in [0.29, 0.717) is 5.56 Å². The van der Waals surface area contributed by atoms with Crippen LogP contribution in [0.3, 0.4) is 0 Å². The molecule has 0 aliphatic heterocycles. The van der Waals surface area contributed by atoms with Gasteiger partial charge < -0.3 is 5.73 Å². The zero-order valence-electron chi connectivity index (χ0n) is 7.20. The number of primary amides is 1. The largest absolute Gasteiger partial charge is 0.351 e. The Kier molecular flexibility index (Phi) is 2.64. The molecule has 1 aromatic carbocycles. The number of nitrogens with two attached hydrogens (primary N) is 1. The second-order valence-electron chi connectivity index (χ2n) is 2.68. The minimum Gasteiger partial charge on any atom is -0.351 e. The third kappa shape index (κ3) is 2.59. The molecule has 1 aromatic rings. The molecule has 0 aromatic heterocycles. The number of carbonyl (C=O) groups is 2. The quantitative estimate of drug-likeness (QED) is 0.667. The Bertz CT molecular complexity index is 330. The van der Waals surface area contributed by atoms with Crippen molar-refractivity contribution in [1.82, 2.24) is 5.32 Å². The summed E-state index contributed by atoms with van der Waals surface area (Å²) < 4.78 is 0. The van der Waals surface area contributed by atoms with Gasteiger partial charge in [0.15, 0.2) is 0 Å². The molecule has 0 atom stereocenters. The van der Waals surface area contributed by atoms with E-state index in [1.165, 1.54) is 0 Å². The highest BCUT2D eigenvalue weighted by Crippen LogP contribution is 2.02. The molecule has 0 radical (unpaired) electrons. The number of nitrogens with one attached hydrogen (secondary N) is 1. The van der Waals surface area contributed by atoms with Crippen molar-refractivity contribution >= 4 is 11.9 Å². The van der Waals surface area contributed by atoms with E-state index >= 15 is 0 Å². The zero-order valence-corrected chi connectivity index (χ0v) is 7.20. The molecule has 0 bridgehead atoms. The number of rotatable bonds is 1. The van der Waals surface area contributed by atoms with Gasteiger partial charge in [0.25, 0.3) is 5.91 Å². The fourth-order valence-corrected chi connectivity index (χ4v) is 0.889. The van der Waals surface area contributed by atoms with Gasteiger partial charge in [0, 0.05) is 5.56 Å².